The van der Waals surface area contributed by atoms with Crippen LogP contribution in [0.3, 0.4) is 0 Å². The summed E-state index contributed by atoms with van der Waals surface area (Å²) in [6, 6.07) is 7.18. The van der Waals surface area contributed by atoms with Gasteiger partial charge in [-0.3, -0.25) is 0 Å². The summed E-state index contributed by atoms with van der Waals surface area (Å²) in [5, 5.41) is 0. The van der Waals surface area contributed by atoms with E-state index in [0.717, 1.165) is 31.5 Å². The summed E-state index contributed by atoms with van der Waals surface area (Å²) < 4.78 is 26.5. The van der Waals surface area contributed by atoms with E-state index in [-0.39, 0.29) is 0 Å². The smallest absolute Gasteiger partial charge is 0.243 e. The highest BCUT2D eigenvalue weighted by Gasteiger charge is 2.27. The van der Waals surface area contributed by atoms with Crippen molar-refractivity contribution in [1.82, 2.24) is 9.21 Å². The van der Waals surface area contributed by atoms with Gasteiger partial charge in [0.25, 0.3) is 0 Å². The normalized spacial score (nSPS) is 18.6. The van der Waals surface area contributed by atoms with Gasteiger partial charge >= 0.3 is 0 Å². The molecule has 105 valence electrons. The number of benzene rings is 1. The zero-order chi connectivity index (χ0) is 13.9. The molecule has 0 unspecified atom stereocenters. The molecule has 2 rings (SSSR count). The van der Waals surface area contributed by atoms with Gasteiger partial charge in [-0.15, -0.1) is 0 Å². The monoisotopic (exact) mass is 281 g/mol. The molecule has 0 spiro atoms. The molecule has 0 aliphatic carbocycles. The molecule has 0 aromatic heterocycles. The van der Waals surface area contributed by atoms with Crippen molar-refractivity contribution in [3.8, 4) is 0 Å². The molecule has 1 aromatic rings. The van der Waals surface area contributed by atoms with Crippen LogP contribution in [0.5, 0.6) is 0 Å². The van der Waals surface area contributed by atoms with E-state index in [2.05, 4.69) is 11.8 Å². The average Bonchev–Trinajstić information content (AvgIpc) is 2.40. The standard InChI is InChI=1S/C14H21N2O2S/c1-3-4-13-5-7-14(8-6-13)19(17,18)16-11-9-15(2)10-12-16/h5-8H,1,3-4,9-12H2,2H3. The molecule has 1 saturated heterocycles. The molecule has 1 radical (unpaired) electrons. The van der Waals surface area contributed by atoms with E-state index in [1.165, 1.54) is 0 Å². The van der Waals surface area contributed by atoms with Crippen LogP contribution in [-0.4, -0.2) is 50.8 Å². The van der Waals surface area contributed by atoms with Crippen LogP contribution in [0.4, 0.5) is 0 Å². The van der Waals surface area contributed by atoms with Crippen molar-refractivity contribution >= 4 is 10.0 Å². The minimum absolute atomic E-state index is 0.393. The van der Waals surface area contributed by atoms with Gasteiger partial charge in [0.1, 0.15) is 0 Å². The quantitative estimate of drug-likeness (QED) is 0.837. The van der Waals surface area contributed by atoms with Gasteiger partial charge in [0, 0.05) is 26.2 Å². The van der Waals surface area contributed by atoms with Crippen molar-refractivity contribution in [3.05, 3.63) is 36.8 Å². The molecule has 0 bridgehead atoms. The van der Waals surface area contributed by atoms with Crippen LogP contribution in [0.15, 0.2) is 29.2 Å². The lowest BCUT2D eigenvalue weighted by Crippen LogP contribution is -2.46. The van der Waals surface area contributed by atoms with E-state index in [0.29, 0.717) is 18.0 Å². The number of hydrogen-bond acceptors (Lipinski definition) is 3. The summed E-state index contributed by atoms with van der Waals surface area (Å²) in [4.78, 5) is 2.54. The third kappa shape index (κ3) is 3.35. The number of nitrogens with zero attached hydrogens (tertiary/aromatic N) is 2. The molecule has 1 aromatic carbocycles. The molecule has 4 nitrogen and oxygen atoms in total. The minimum Gasteiger partial charge on any atom is -0.304 e. The van der Waals surface area contributed by atoms with Crippen LogP contribution in [0.1, 0.15) is 12.0 Å². The molecule has 0 amide bonds. The second kappa shape index (κ2) is 6.03. The van der Waals surface area contributed by atoms with Gasteiger partial charge in [-0.05, 0) is 37.6 Å². The van der Waals surface area contributed by atoms with Crippen molar-refractivity contribution in [1.29, 1.82) is 0 Å². The summed E-state index contributed by atoms with van der Waals surface area (Å²) in [6.45, 7) is 6.52. The molecular formula is C14H21N2O2S. The molecule has 19 heavy (non-hydrogen) atoms. The predicted molar refractivity (Wildman–Crippen MR) is 76.4 cm³/mol. The minimum atomic E-state index is -3.33. The Labute approximate surface area is 116 Å². The van der Waals surface area contributed by atoms with Gasteiger partial charge in [-0.25, -0.2) is 8.42 Å². The van der Waals surface area contributed by atoms with E-state index in [1.54, 1.807) is 16.4 Å². The van der Waals surface area contributed by atoms with Crippen LogP contribution in [0, 0.1) is 6.92 Å². The molecular weight excluding hydrogens is 260 g/mol. The fourth-order valence-electron chi connectivity index (χ4n) is 2.21. The van der Waals surface area contributed by atoms with E-state index < -0.39 is 10.0 Å². The van der Waals surface area contributed by atoms with Crippen LogP contribution in [0.2, 0.25) is 0 Å². The molecule has 0 atom stereocenters. The molecule has 0 N–H and O–H groups in total. The first-order valence-electron chi connectivity index (χ1n) is 6.61. The number of rotatable bonds is 4. The molecule has 0 saturated carbocycles. The number of aryl methyl sites for hydroxylation is 1. The van der Waals surface area contributed by atoms with Gasteiger partial charge in [0.15, 0.2) is 0 Å². The first-order valence-corrected chi connectivity index (χ1v) is 8.05. The predicted octanol–water partition coefficient (Wildman–Crippen LogP) is 1.39. The lowest BCUT2D eigenvalue weighted by Gasteiger charge is -2.31. The molecule has 1 aliphatic heterocycles. The maximum absolute atomic E-state index is 12.5. The number of sulfonamides is 1. The Bertz CT molecular complexity index is 503. The molecule has 5 heteroatoms. The third-order valence-electron chi connectivity index (χ3n) is 3.49. The maximum atomic E-state index is 12.5. The average molecular weight is 281 g/mol. The second-order valence-corrected chi connectivity index (χ2v) is 6.89. The fraction of sp³-hybridized carbons (Fsp3) is 0.500. The highest BCUT2D eigenvalue weighted by atomic mass is 32.2. The zero-order valence-corrected chi connectivity index (χ0v) is 12.2. The topological polar surface area (TPSA) is 40.6 Å². The molecule has 1 heterocycles. The van der Waals surface area contributed by atoms with Crippen molar-refractivity contribution in [2.75, 3.05) is 33.2 Å². The highest BCUT2D eigenvalue weighted by molar-refractivity contribution is 7.89. The van der Waals surface area contributed by atoms with Crippen molar-refractivity contribution in [2.45, 2.75) is 17.7 Å². The molecule has 1 aliphatic rings. The first-order chi connectivity index (χ1) is 9.04. The Morgan fingerprint density at radius 3 is 2.21 bits per heavy atom. The van der Waals surface area contributed by atoms with Gasteiger partial charge < -0.3 is 4.90 Å². The lowest BCUT2D eigenvalue weighted by atomic mass is 10.1. The first kappa shape index (κ1) is 14.5. The number of likely N-dealkylation sites (N-methyl/N-ethyl adjacent to an activating group) is 1. The van der Waals surface area contributed by atoms with Crippen LogP contribution in [0.25, 0.3) is 0 Å². The van der Waals surface area contributed by atoms with Crippen LogP contribution < -0.4 is 0 Å². The van der Waals surface area contributed by atoms with Crippen LogP contribution in [-0.2, 0) is 16.4 Å². The van der Waals surface area contributed by atoms with Crippen molar-refractivity contribution in [3.63, 3.8) is 0 Å². The Morgan fingerprint density at radius 2 is 1.68 bits per heavy atom. The van der Waals surface area contributed by atoms with E-state index in [4.69, 9.17) is 0 Å². The number of piperazine rings is 1. The summed E-state index contributed by atoms with van der Waals surface area (Å²) in [7, 11) is -1.31. The second-order valence-electron chi connectivity index (χ2n) is 4.95. The largest absolute Gasteiger partial charge is 0.304 e. The Hall–Kier alpha value is -0.910. The summed E-state index contributed by atoms with van der Waals surface area (Å²) in [6.07, 6.45) is 1.71. The van der Waals surface area contributed by atoms with Crippen molar-refractivity contribution in [2.24, 2.45) is 0 Å². The van der Waals surface area contributed by atoms with E-state index >= 15 is 0 Å². The van der Waals surface area contributed by atoms with Gasteiger partial charge in [0.05, 0.1) is 4.90 Å². The summed E-state index contributed by atoms with van der Waals surface area (Å²) in [5.74, 6) is 0. The van der Waals surface area contributed by atoms with E-state index in [1.807, 2.05) is 19.2 Å². The van der Waals surface area contributed by atoms with Gasteiger partial charge in [-0.2, -0.15) is 4.31 Å². The van der Waals surface area contributed by atoms with Gasteiger partial charge in [0.2, 0.25) is 10.0 Å². The summed E-state index contributed by atoms with van der Waals surface area (Å²) in [5.41, 5.74) is 1.13. The van der Waals surface area contributed by atoms with E-state index in [9.17, 15) is 8.42 Å². The van der Waals surface area contributed by atoms with Crippen LogP contribution >= 0.6 is 0 Å². The SMILES string of the molecule is [CH2]CCc1ccc(S(=O)(=O)N2CCN(C)CC2)cc1. The maximum Gasteiger partial charge on any atom is 0.243 e. The Balaban J connectivity index is 2.15. The van der Waals surface area contributed by atoms with Gasteiger partial charge in [-0.1, -0.05) is 19.1 Å². The highest BCUT2D eigenvalue weighted by Crippen LogP contribution is 2.18. The third-order valence-corrected chi connectivity index (χ3v) is 5.40. The molecule has 1 fully saturated rings. The Morgan fingerprint density at radius 1 is 1.11 bits per heavy atom. The fourth-order valence-corrected chi connectivity index (χ4v) is 3.63. The number of hydrogen-bond donors (Lipinski definition) is 0. The summed E-state index contributed by atoms with van der Waals surface area (Å²) >= 11 is 0. The van der Waals surface area contributed by atoms with Crippen molar-refractivity contribution < 1.29 is 8.42 Å². The lowest BCUT2D eigenvalue weighted by molar-refractivity contribution is 0.222. The Kier molecular flexibility index (Phi) is 4.60. The zero-order valence-electron chi connectivity index (χ0n) is 11.4.